The number of carbonyl (C=O) groups is 1. The molecular formula is C16H17N3O3S2. The molecule has 0 radical (unpaired) electrons. The second-order valence-electron chi connectivity index (χ2n) is 5.46. The Morgan fingerprint density at radius 1 is 1.33 bits per heavy atom. The maximum atomic E-state index is 12.7. The number of aromatic amines is 1. The Morgan fingerprint density at radius 2 is 2.08 bits per heavy atom. The molecule has 0 spiro atoms. The molecule has 2 aromatic heterocycles. The van der Waals surface area contributed by atoms with Gasteiger partial charge in [-0.15, -0.1) is 11.3 Å². The Balaban J connectivity index is 2.10. The average Bonchev–Trinajstić information content (AvgIpc) is 3.16. The monoisotopic (exact) mass is 363 g/mol. The molecule has 0 fully saturated rings. The number of aryl methyl sites for hydroxylation is 2. The highest BCUT2D eigenvalue weighted by atomic mass is 32.2. The summed E-state index contributed by atoms with van der Waals surface area (Å²) in [5.41, 5.74) is 8.18. The molecule has 0 saturated heterocycles. The van der Waals surface area contributed by atoms with Crippen LogP contribution in [0.1, 0.15) is 28.5 Å². The number of rotatable bonds is 5. The number of anilines is 1. The summed E-state index contributed by atoms with van der Waals surface area (Å²) in [5, 5.41) is 2.52. The molecule has 4 N–H and O–H groups in total. The number of thiophene rings is 1. The van der Waals surface area contributed by atoms with Crippen LogP contribution in [0, 0.1) is 6.92 Å². The normalized spacial score (nSPS) is 11.8. The van der Waals surface area contributed by atoms with Gasteiger partial charge >= 0.3 is 0 Å². The number of nitrogens with one attached hydrogen (secondary N) is 2. The van der Waals surface area contributed by atoms with E-state index in [2.05, 4.69) is 9.71 Å². The molecule has 0 saturated carbocycles. The fraction of sp³-hybridized carbons (Fsp3) is 0.188. The zero-order valence-corrected chi connectivity index (χ0v) is 14.8. The van der Waals surface area contributed by atoms with Crippen LogP contribution in [0.15, 0.2) is 33.9 Å². The molecule has 0 unspecified atom stereocenters. The number of benzene rings is 1. The highest BCUT2D eigenvalue weighted by Crippen LogP contribution is 2.31. The van der Waals surface area contributed by atoms with E-state index in [1.165, 1.54) is 11.3 Å². The van der Waals surface area contributed by atoms with Gasteiger partial charge in [-0.2, -0.15) is 0 Å². The summed E-state index contributed by atoms with van der Waals surface area (Å²) in [6.07, 6.45) is 0.636. The highest BCUT2D eigenvalue weighted by Gasteiger charge is 2.21. The fourth-order valence-corrected chi connectivity index (χ4v) is 5.22. The molecule has 0 aliphatic rings. The van der Waals surface area contributed by atoms with E-state index in [-0.39, 0.29) is 5.69 Å². The SMILES string of the molecule is CCc1ccsc1S(=O)(=O)Nc1ccc(C)c2cc(C(N)=O)[nH]c12. The van der Waals surface area contributed by atoms with Gasteiger partial charge in [-0.1, -0.05) is 13.0 Å². The number of carbonyl (C=O) groups excluding carboxylic acids is 1. The molecule has 3 aromatic rings. The van der Waals surface area contributed by atoms with Crippen LogP contribution >= 0.6 is 11.3 Å². The zero-order valence-electron chi connectivity index (χ0n) is 13.2. The number of aromatic nitrogens is 1. The highest BCUT2D eigenvalue weighted by molar-refractivity contribution is 7.94. The third-order valence-corrected chi connectivity index (χ3v) is 6.79. The van der Waals surface area contributed by atoms with Crippen molar-refractivity contribution < 1.29 is 13.2 Å². The van der Waals surface area contributed by atoms with Crippen LogP contribution in [-0.2, 0) is 16.4 Å². The Bertz CT molecular complexity index is 1030. The molecule has 2 heterocycles. The number of hydrogen-bond donors (Lipinski definition) is 3. The van der Waals surface area contributed by atoms with Gasteiger partial charge in [0.1, 0.15) is 9.90 Å². The predicted molar refractivity (Wildman–Crippen MR) is 96.1 cm³/mol. The molecule has 0 bridgehead atoms. The molecule has 0 aliphatic heterocycles. The number of primary amides is 1. The van der Waals surface area contributed by atoms with Crippen LogP contribution < -0.4 is 10.5 Å². The van der Waals surface area contributed by atoms with Crippen LogP contribution in [0.3, 0.4) is 0 Å². The van der Waals surface area contributed by atoms with Crippen molar-refractivity contribution in [1.82, 2.24) is 4.98 Å². The quantitative estimate of drug-likeness (QED) is 0.649. The maximum Gasteiger partial charge on any atom is 0.271 e. The van der Waals surface area contributed by atoms with Gasteiger partial charge in [0.15, 0.2) is 0 Å². The van der Waals surface area contributed by atoms with Gasteiger partial charge in [-0.25, -0.2) is 8.42 Å². The molecule has 1 amide bonds. The summed E-state index contributed by atoms with van der Waals surface area (Å²) in [7, 11) is -3.70. The number of H-pyrrole nitrogens is 1. The molecule has 24 heavy (non-hydrogen) atoms. The van der Waals surface area contributed by atoms with E-state index in [4.69, 9.17) is 5.73 Å². The first-order valence-corrected chi connectivity index (χ1v) is 9.71. The first kappa shape index (κ1) is 16.5. The number of amides is 1. The summed E-state index contributed by atoms with van der Waals surface area (Å²) in [4.78, 5) is 14.3. The van der Waals surface area contributed by atoms with Crippen molar-refractivity contribution in [2.45, 2.75) is 24.5 Å². The molecule has 8 heteroatoms. The van der Waals surface area contributed by atoms with E-state index < -0.39 is 15.9 Å². The minimum atomic E-state index is -3.70. The van der Waals surface area contributed by atoms with Crippen molar-refractivity contribution in [3.63, 3.8) is 0 Å². The van der Waals surface area contributed by atoms with Crippen LogP contribution in [-0.4, -0.2) is 19.3 Å². The first-order valence-electron chi connectivity index (χ1n) is 7.34. The van der Waals surface area contributed by atoms with E-state index in [1.54, 1.807) is 23.6 Å². The summed E-state index contributed by atoms with van der Waals surface area (Å²) >= 11 is 1.18. The van der Waals surface area contributed by atoms with Crippen LogP contribution in [0.2, 0.25) is 0 Å². The molecule has 0 aliphatic carbocycles. The Morgan fingerprint density at radius 3 is 2.75 bits per heavy atom. The fourth-order valence-electron chi connectivity index (χ4n) is 2.59. The van der Waals surface area contributed by atoms with Crippen molar-refractivity contribution in [1.29, 1.82) is 0 Å². The van der Waals surface area contributed by atoms with Crippen molar-refractivity contribution in [2.24, 2.45) is 5.73 Å². The summed E-state index contributed by atoms with van der Waals surface area (Å²) in [6, 6.07) is 6.92. The maximum absolute atomic E-state index is 12.7. The minimum Gasteiger partial charge on any atom is -0.364 e. The van der Waals surface area contributed by atoms with Crippen LogP contribution in [0.25, 0.3) is 10.9 Å². The second-order valence-corrected chi connectivity index (χ2v) is 8.25. The van der Waals surface area contributed by atoms with E-state index in [1.807, 2.05) is 19.9 Å². The van der Waals surface area contributed by atoms with Crippen molar-refractivity contribution in [3.05, 3.63) is 46.5 Å². The van der Waals surface area contributed by atoms with E-state index >= 15 is 0 Å². The molecule has 126 valence electrons. The van der Waals surface area contributed by atoms with Gasteiger partial charge in [0.05, 0.1) is 11.2 Å². The standard InChI is InChI=1S/C16H17N3O3S2/c1-3-10-6-7-23-16(10)24(21,22)19-12-5-4-9(2)11-8-13(15(17)20)18-14(11)12/h4-8,18-19H,3H2,1-2H3,(H2,17,20). The molecule has 6 nitrogen and oxygen atoms in total. The minimum absolute atomic E-state index is 0.241. The molecular weight excluding hydrogens is 346 g/mol. The van der Waals surface area contributed by atoms with Gasteiger partial charge in [0.25, 0.3) is 15.9 Å². The third kappa shape index (κ3) is 2.78. The number of hydrogen-bond acceptors (Lipinski definition) is 4. The molecule has 0 atom stereocenters. The Labute approximate surface area is 143 Å². The van der Waals surface area contributed by atoms with Gasteiger partial charge in [-0.05, 0) is 48.1 Å². The number of nitrogens with two attached hydrogens (primary N) is 1. The lowest BCUT2D eigenvalue weighted by molar-refractivity contribution is 0.0996. The van der Waals surface area contributed by atoms with Gasteiger partial charge in [-0.3, -0.25) is 9.52 Å². The first-order chi connectivity index (χ1) is 11.3. The lowest BCUT2D eigenvalue weighted by atomic mass is 10.1. The number of fused-ring (bicyclic) bond motifs is 1. The van der Waals surface area contributed by atoms with Gasteiger partial charge in [0, 0.05) is 5.39 Å². The second kappa shape index (κ2) is 5.95. The van der Waals surface area contributed by atoms with E-state index in [0.717, 1.165) is 16.5 Å². The largest absolute Gasteiger partial charge is 0.364 e. The van der Waals surface area contributed by atoms with Crippen molar-refractivity contribution in [2.75, 3.05) is 4.72 Å². The van der Waals surface area contributed by atoms with Crippen LogP contribution in [0.5, 0.6) is 0 Å². The van der Waals surface area contributed by atoms with Crippen molar-refractivity contribution >= 4 is 43.9 Å². The Hall–Kier alpha value is -2.32. The zero-order chi connectivity index (χ0) is 17.5. The van der Waals surface area contributed by atoms with E-state index in [9.17, 15) is 13.2 Å². The third-order valence-electron chi connectivity index (χ3n) is 3.85. The van der Waals surface area contributed by atoms with Crippen LogP contribution in [0.4, 0.5) is 5.69 Å². The average molecular weight is 363 g/mol. The molecule has 1 aromatic carbocycles. The smallest absolute Gasteiger partial charge is 0.271 e. The lowest BCUT2D eigenvalue weighted by Gasteiger charge is -2.10. The predicted octanol–water partition coefficient (Wildman–Crippen LogP) is 3.00. The molecule has 3 rings (SSSR count). The Kier molecular flexibility index (Phi) is 4.10. The topological polar surface area (TPSA) is 105 Å². The van der Waals surface area contributed by atoms with Gasteiger partial charge in [0.2, 0.25) is 0 Å². The lowest BCUT2D eigenvalue weighted by Crippen LogP contribution is -2.13. The van der Waals surface area contributed by atoms with Crippen molar-refractivity contribution in [3.8, 4) is 0 Å². The van der Waals surface area contributed by atoms with E-state index in [0.29, 0.717) is 21.8 Å². The summed E-state index contributed by atoms with van der Waals surface area (Å²) in [6.45, 7) is 3.79. The number of sulfonamides is 1. The van der Waals surface area contributed by atoms with Gasteiger partial charge < -0.3 is 10.7 Å². The summed E-state index contributed by atoms with van der Waals surface area (Å²) in [5.74, 6) is -0.592. The summed E-state index contributed by atoms with van der Waals surface area (Å²) < 4.78 is 28.3.